The number of nitrogen functional groups attached to an aromatic ring is 1. The van der Waals surface area contributed by atoms with E-state index >= 15 is 0 Å². The van der Waals surface area contributed by atoms with Gasteiger partial charge in [-0.05, 0) is 62.2 Å². The maximum absolute atomic E-state index is 14.0. The van der Waals surface area contributed by atoms with Gasteiger partial charge in [0.25, 0.3) is 0 Å². The van der Waals surface area contributed by atoms with Crippen LogP contribution in [0, 0.1) is 5.92 Å². The number of esters is 1. The molecule has 278 valence electrons. The molecule has 0 spiro atoms. The third kappa shape index (κ3) is 9.04. The van der Waals surface area contributed by atoms with Crippen molar-refractivity contribution in [3.05, 3.63) is 70.8 Å². The van der Waals surface area contributed by atoms with Crippen molar-refractivity contribution in [3.8, 4) is 5.75 Å². The number of allylic oxidation sites excluding steroid dienone is 3. The average molecular weight is 728 g/mol. The van der Waals surface area contributed by atoms with E-state index in [1.165, 1.54) is 19.1 Å². The van der Waals surface area contributed by atoms with Gasteiger partial charge in [0, 0.05) is 37.9 Å². The van der Waals surface area contributed by atoms with Crippen LogP contribution >= 0.6 is 11.6 Å². The second-order valence-electron chi connectivity index (χ2n) is 13.3. The fourth-order valence-corrected chi connectivity index (χ4v) is 7.01. The Morgan fingerprint density at radius 2 is 1.84 bits per heavy atom. The third-order valence-electron chi connectivity index (χ3n) is 9.61. The highest BCUT2D eigenvalue weighted by Crippen LogP contribution is 2.49. The molecule has 0 aromatic heterocycles. The van der Waals surface area contributed by atoms with Crippen LogP contribution in [0.2, 0.25) is 5.02 Å². The number of carbonyl (C=O) groups excluding carboxylic acids is 3. The molecule has 3 heterocycles. The Balaban J connectivity index is 0.00000286. The summed E-state index contributed by atoms with van der Waals surface area (Å²) in [5, 5.41) is 14.7. The molecule has 2 aromatic carbocycles. The van der Waals surface area contributed by atoms with Gasteiger partial charge in [-0.1, -0.05) is 56.2 Å². The summed E-state index contributed by atoms with van der Waals surface area (Å²) in [4.78, 5) is 41.5. The van der Waals surface area contributed by atoms with Gasteiger partial charge in [0.15, 0.2) is 0 Å². The van der Waals surface area contributed by atoms with Crippen molar-refractivity contribution in [1.82, 2.24) is 0 Å². The molecule has 0 radical (unpaired) electrons. The average Bonchev–Trinajstić information content (AvgIpc) is 3.79. The summed E-state index contributed by atoms with van der Waals surface area (Å²) >= 11 is 6.73. The van der Waals surface area contributed by atoms with E-state index in [1.807, 2.05) is 39.8 Å². The molecule has 7 atom stereocenters. The number of rotatable bonds is 4. The molecule has 12 nitrogen and oxygen atoms in total. The van der Waals surface area contributed by atoms with Gasteiger partial charge in [-0.3, -0.25) is 14.9 Å². The minimum absolute atomic E-state index is 0.0797. The second kappa shape index (κ2) is 16.5. The van der Waals surface area contributed by atoms with E-state index in [2.05, 4.69) is 5.32 Å². The number of halogens is 1. The van der Waals surface area contributed by atoms with Crippen molar-refractivity contribution < 1.29 is 43.2 Å². The van der Waals surface area contributed by atoms with Gasteiger partial charge < -0.3 is 39.4 Å². The lowest BCUT2D eigenvalue weighted by atomic mass is 9.78. The van der Waals surface area contributed by atoms with Gasteiger partial charge in [0.1, 0.15) is 40.3 Å². The minimum Gasteiger partial charge on any atom is -0.495 e. The number of methoxy groups -OCH3 is 2. The van der Waals surface area contributed by atoms with Crippen LogP contribution in [0.25, 0.3) is 0 Å². The van der Waals surface area contributed by atoms with Crippen LogP contribution in [0.5, 0.6) is 5.75 Å². The number of amides is 2. The molecule has 0 aliphatic carbocycles. The first kappa shape index (κ1) is 39.7. The number of nitrogens with two attached hydrogens (primary N) is 1. The van der Waals surface area contributed by atoms with E-state index < -0.39 is 59.5 Å². The molecule has 4 N–H and O–H groups in total. The Morgan fingerprint density at radius 1 is 1.16 bits per heavy atom. The lowest BCUT2D eigenvalue weighted by Gasteiger charge is -2.41. The summed E-state index contributed by atoms with van der Waals surface area (Å²) in [6.45, 7) is 9.52. The van der Waals surface area contributed by atoms with Gasteiger partial charge >= 0.3 is 12.1 Å². The molecule has 4 bridgehead atoms. The molecule has 51 heavy (non-hydrogen) atoms. The van der Waals surface area contributed by atoms with Crippen LogP contribution in [0.15, 0.2) is 60.2 Å². The lowest BCUT2D eigenvalue weighted by molar-refractivity contribution is -0.187. The SMILES string of the molecule is CC.COc1cc2cc(c1Cl)N(C)C(=O)C[C@H](OC(=O)Nc1ccc(N)cc1)[C@]1(C)O[C@H]1[C@H](C)[C@@H]1C[C@@](O)(CC(=O)O1)[C@H](OC)/C=C/C=C(\C)C2. The zero-order valence-electron chi connectivity index (χ0n) is 30.5. The van der Waals surface area contributed by atoms with Gasteiger partial charge in [0.05, 0.1) is 31.7 Å². The summed E-state index contributed by atoms with van der Waals surface area (Å²) in [6, 6.07) is 10.1. The molecule has 5 rings (SSSR count). The topological polar surface area (TPSA) is 162 Å². The first-order valence-electron chi connectivity index (χ1n) is 17.1. The van der Waals surface area contributed by atoms with Gasteiger partial charge in [-0.25, -0.2) is 4.79 Å². The van der Waals surface area contributed by atoms with E-state index in [-0.39, 0.29) is 24.3 Å². The number of ether oxygens (including phenoxy) is 5. The molecule has 2 saturated heterocycles. The highest BCUT2D eigenvalue weighted by Gasteiger charge is 2.64. The number of benzene rings is 2. The summed E-state index contributed by atoms with van der Waals surface area (Å²) in [7, 11) is 4.57. The van der Waals surface area contributed by atoms with Crippen molar-refractivity contribution in [1.29, 1.82) is 0 Å². The summed E-state index contributed by atoms with van der Waals surface area (Å²) in [5.41, 5.74) is 6.26. The number of carbonyl (C=O) groups is 3. The largest absolute Gasteiger partial charge is 0.495 e. The quantitative estimate of drug-likeness (QED) is 0.187. The number of epoxide rings is 1. The Bertz CT molecular complexity index is 1650. The number of nitrogens with zero attached hydrogens (tertiary/aromatic N) is 1. The monoisotopic (exact) mass is 727 g/mol. The summed E-state index contributed by atoms with van der Waals surface area (Å²) < 4.78 is 29.1. The van der Waals surface area contributed by atoms with Gasteiger partial charge in [0.2, 0.25) is 5.91 Å². The first-order chi connectivity index (χ1) is 24.2. The molecule has 2 amide bonds. The molecule has 3 aliphatic heterocycles. The number of hydrogen-bond acceptors (Lipinski definition) is 10. The predicted molar refractivity (Wildman–Crippen MR) is 196 cm³/mol. The second-order valence-corrected chi connectivity index (χ2v) is 13.6. The molecule has 3 aliphatic rings. The molecule has 0 saturated carbocycles. The van der Waals surface area contributed by atoms with E-state index in [0.29, 0.717) is 29.2 Å². The van der Waals surface area contributed by atoms with Crippen molar-refractivity contribution in [2.75, 3.05) is 37.2 Å². The van der Waals surface area contributed by atoms with Crippen molar-refractivity contribution in [2.45, 2.75) is 95.9 Å². The van der Waals surface area contributed by atoms with E-state index in [0.717, 1.165) is 11.1 Å². The first-order valence-corrected chi connectivity index (χ1v) is 17.5. The highest BCUT2D eigenvalue weighted by molar-refractivity contribution is 6.35. The van der Waals surface area contributed by atoms with Crippen LogP contribution in [0.1, 0.15) is 59.4 Å². The maximum atomic E-state index is 14.0. The highest BCUT2D eigenvalue weighted by atomic mass is 35.5. The molecule has 13 heteroatoms. The smallest absolute Gasteiger partial charge is 0.412 e. The summed E-state index contributed by atoms with van der Waals surface area (Å²) in [5.74, 6) is -1.03. The van der Waals surface area contributed by atoms with Crippen LogP contribution in [0.3, 0.4) is 0 Å². The zero-order valence-corrected chi connectivity index (χ0v) is 31.3. The van der Waals surface area contributed by atoms with Crippen LogP contribution in [-0.4, -0.2) is 80.0 Å². The molecular weight excluding hydrogens is 678 g/mol. The Hall–Kier alpha value is -4.10. The maximum Gasteiger partial charge on any atom is 0.412 e. The minimum atomic E-state index is -1.55. The molecule has 2 fully saturated rings. The Morgan fingerprint density at radius 3 is 2.49 bits per heavy atom. The number of nitrogens with one attached hydrogen (secondary N) is 1. The third-order valence-corrected chi connectivity index (χ3v) is 9.99. The number of hydrogen-bond donors (Lipinski definition) is 3. The number of aliphatic hydroxyl groups is 1. The molecule has 2 aromatic rings. The fraction of sp³-hybridized carbons (Fsp3) is 0.500. The van der Waals surface area contributed by atoms with Gasteiger partial charge in [-0.2, -0.15) is 0 Å². The Kier molecular flexibility index (Phi) is 12.8. The van der Waals surface area contributed by atoms with E-state index in [4.69, 9.17) is 41.0 Å². The molecule has 0 unspecified atom stereocenters. The van der Waals surface area contributed by atoms with Crippen LogP contribution < -0.4 is 20.7 Å². The summed E-state index contributed by atoms with van der Waals surface area (Å²) in [6.07, 6.45) is 1.41. The zero-order chi connectivity index (χ0) is 37.7. The fourth-order valence-electron chi connectivity index (χ4n) is 6.70. The van der Waals surface area contributed by atoms with Crippen LogP contribution in [-0.2, 0) is 35.0 Å². The lowest BCUT2D eigenvalue weighted by Crippen LogP contribution is -2.53. The van der Waals surface area contributed by atoms with E-state index in [1.54, 1.807) is 56.5 Å². The molecular formula is C38H50ClN3O9. The standard InChI is InChI=1S/C36H44ClN3O9.C2H6/c1-20-8-7-9-28(46-6)36(44)18-27(47-31(42)19-36)21(2)33-35(3,49-33)29(48-34(43)39-24-12-10-23(38)11-13-24)17-30(41)40(4)25-15-22(14-20)16-26(45-5)32(25)37;1-2/h7-13,15-16,21,27-29,33,44H,14,17-19,38H2,1-6H3,(H,39,43);1-2H3/b9-7+,20-8+;/t21-,27+,28-,29+,33+,35+,36-;/m1./s1. The van der Waals surface area contributed by atoms with Crippen molar-refractivity contribution in [2.24, 2.45) is 5.92 Å². The Labute approximate surface area is 304 Å². The number of anilines is 3. The van der Waals surface area contributed by atoms with Crippen molar-refractivity contribution >= 4 is 46.6 Å². The van der Waals surface area contributed by atoms with E-state index in [9.17, 15) is 19.5 Å². The predicted octanol–water partition coefficient (Wildman–Crippen LogP) is 6.23. The van der Waals surface area contributed by atoms with Crippen molar-refractivity contribution in [3.63, 3.8) is 0 Å². The normalized spacial score (nSPS) is 31.1. The number of fused-ring (bicyclic) bond motifs is 5. The van der Waals surface area contributed by atoms with Gasteiger partial charge in [-0.15, -0.1) is 0 Å². The van der Waals surface area contributed by atoms with Crippen LogP contribution in [0.4, 0.5) is 21.9 Å².